The lowest BCUT2D eigenvalue weighted by atomic mass is 9.84. The Morgan fingerprint density at radius 2 is 2.25 bits per heavy atom. The highest BCUT2D eigenvalue weighted by Crippen LogP contribution is 2.47. The number of hydrogen-bond acceptors (Lipinski definition) is 2. The quantitative estimate of drug-likeness (QED) is 0.624. The van der Waals surface area contributed by atoms with Crippen molar-refractivity contribution in [3.05, 3.63) is 0 Å². The minimum atomic E-state index is 0.0984. The van der Waals surface area contributed by atoms with E-state index in [1.54, 1.807) is 6.92 Å². The van der Waals surface area contributed by atoms with Gasteiger partial charge in [-0.1, -0.05) is 0 Å². The highest BCUT2D eigenvalue weighted by molar-refractivity contribution is 5.91. The standard InChI is InChI=1S/C10H14O2/c1-6(11)4-9-7-2-3-8(5-7)10(9)12/h7-9H,2-5H2,1H3. The molecule has 3 unspecified atom stereocenters. The van der Waals surface area contributed by atoms with Crippen LogP contribution in [0.4, 0.5) is 0 Å². The van der Waals surface area contributed by atoms with E-state index in [-0.39, 0.29) is 11.7 Å². The van der Waals surface area contributed by atoms with E-state index in [1.807, 2.05) is 0 Å². The van der Waals surface area contributed by atoms with Crippen LogP contribution < -0.4 is 0 Å². The van der Waals surface area contributed by atoms with Gasteiger partial charge < -0.3 is 4.79 Å². The van der Waals surface area contributed by atoms with Crippen molar-refractivity contribution < 1.29 is 9.59 Å². The van der Waals surface area contributed by atoms with Gasteiger partial charge in [0, 0.05) is 18.3 Å². The summed E-state index contributed by atoms with van der Waals surface area (Å²) in [5.74, 6) is 1.51. The second kappa shape index (κ2) is 2.68. The maximum absolute atomic E-state index is 11.6. The van der Waals surface area contributed by atoms with Gasteiger partial charge in [-0.3, -0.25) is 4.79 Å². The average Bonchev–Trinajstić information content (AvgIpc) is 2.53. The van der Waals surface area contributed by atoms with Crippen molar-refractivity contribution in [3.8, 4) is 0 Å². The molecule has 2 saturated carbocycles. The van der Waals surface area contributed by atoms with Crippen LogP contribution in [0.25, 0.3) is 0 Å². The zero-order valence-corrected chi connectivity index (χ0v) is 7.38. The Morgan fingerprint density at radius 3 is 2.75 bits per heavy atom. The van der Waals surface area contributed by atoms with Gasteiger partial charge in [-0.2, -0.15) is 0 Å². The third-order valence-corrected chi connectivity index (χ3v) is 3.32. The molecule has 2 bridgehead atoms. The van der Waals surface area contributed by atoms with E-state index >= 15 is 0 Å². The molecule has 0 saturated heterocycles. The van der Waals surface area contributed by atoms with Crippen molar-refractivity contribution in [2.75, 3.05) is 0 Å². The molecule has 0 spiro atoms. The summed E-state index contributed by atoms with van der Waals surface area (Å²) >= 11 is 0. The molecule has 2 rings (SSSR count). The van der Waals surface area contributed by atoms with Gasteiger partial charge in [0.15, 0.2) is 0 Å². The van der Waals surface area contributed by atoms with E-state index in [0.717, 1.165) is 12.8 Å². The Kier molecular flexibility index (Phi) is 1.78. The molecule has 0 aliphatic heterocycles. The molecule has 0 aromatic carbocycles. The summed E-state index contributed by atoms with van der Waals surface area (Å²) in [6.45, 7) is 1.58. The maximum Gasteiger partial charge on any atom is 0.139 e. The minimum Gasteiger partial charge on any atom is -0.300 e. The lowest BCUT2D eigenvalue weighted by Crippen LogP contribution is -2.23. The topological polar surface area (TPSA) is 34.1 Å². The number of ketones is 2. The van der Waals surface area contributed by atoms with Crippen LogP contribution in [0.1, 0.15) is 32.6 Å². The van der Waals surface area contributed by atoms with Crippen LogP contribution in [0.2, 0.25) is 0 Å². The molecular formula is C10H14O2. The van der Waals surface area contributed by atoms with Crippen LogP contribution in [0.5, 0.6) is 0 Å². The third-order valence-electron chi connectivity index (χ3n) is 3.32. The lowest BCUT2D eigenvalue weighted by Gasteiger charge is -2.18. The molecule has 66 valence electrons. The fraction of sp³-hybridized carbons (Fsp3) is 0.800. The summed E-state index contributed by atoms with van der Waals surface area (Å²) in [6.07, 6.45) is 3.82. The summed E-state index contributed by atoms with van der Waals surface area (Å²) in [5.41, 5.74) is 0. The summed E-state index contributed by atoms with van der Waals surface area (Å²) in [4.78, 5) is 22.4. The van der Waals surface area contributed by atoms with Crippen molar-refractivity contribution in [2.24, 2.45) is 17.8 Å². The van der Waals surface area contributed by atoms with Gasteiger partial charge in [0.05, 0.1) is 0 Å². The molecule has 12 heavy (non-hydrogen) atoms. The number of fused-ring (bicyclic) bond motifs is 2. The monoisotopic (exact) mass is 166 g/mol. The lowest BCUT2D eigenvalue weighted by molar-refractivity contribution is -0.129. The molecular weight excluding hydrogens is 152 g/mol. The molecule has 0 aromatic heterocycles. The number of Topliss-reactive ketones (excluding diaryl/α,β-unsaturated/α-hetero) is 2. The molecule has 2 heteroatoms. The molecule has 2 aliphatic rings. The third kappa shape index (κ3) is 1.10. The van der Waals surface area contributed by atoms with Gasteiger partial charge in [0.25, 0.3) is 0 Å². The first-order valence-corrected chi connectivity index (χ1v) is 4.71. The Bertz CT molecular complexity index is 232. The first kappa shape index (κ1) is 7.96. The molecule has 0 heterocycles. The van der Waals surface area contributed by atoms with Crippen molar-refractivity contribution in [1.82, 2.24) is 0 Å². The fourth-order valence-corrected chi connectivity index (χ4v) is 2.75. The molecule has 2 nitrogen and oxygen atoms in total. The predicted molar refractivity (Wildman–Crippen MR) is 44.6 cm³/mol. The number of carbonyl (C=O) groups is 2. The van der Waals surface area contributed by atoms with Crippen molar-refractivity contribution in [3.63, 3.8) is 0 Å². The molecule has 0 aromatic rings. The zero-order chi connectivity index (χ0) is 8.72. The second-order valence-corrected chi connectivity index (χ2v) is 4.19. The summed E-state index contributed by atoms with van der Waals surface area (Å²) in [5, 5.41) is 0. The van der Waals surface area contributed by atoms with E-state index in [9.17, 15) is 9.59 Å². The minimum absolute atomic E-state index is 0.0984. The van der Waals surface area contributed by atoms with Crippen LogP contribution >= 0.6 is 0 Å². The second-order valence-electron chi connectivity index (χ2n) is 4.19. The first-order valence-electron chi connectivity index (χ1n) is 4.71. The predicted octanol–water partition coefficient (Wildman–Crippen LogP) is 1.58. The highest BCUT2D eigenvalue weighted by atomic mass is 16.1. The van der Waals surface area contributed by atoms with E-state index in [1.165, 1.54) is 6.42 Å². The average molecular weight is 166 g/mol. The van der Waals surface area contributed by atoms with Gasteiger partial charge in [0.1, 0.15) is 11.6 Å². The van der Waals surface area contributed by atoms with Crippen molar-refractivity contribution in [2.45, 2.75) is 32.6 Å². The molecule has 3 atom stereocenters. The maximum atomic E-state index is 11.6. The van der Waals surface area contributed by atoms with Gasteiger partial charge in [-0.15, -0.1) is 0 Å². The smallest absolute Gasteiger partial charge is 0.139 e. The molecule has 0 N–H and O–H groups in total. The molecule has 0 amide bonds. The number of rotatable bonds is 2. The Labute approximate surface area is 72.3 Å². The van der Waals surface area contributed by atoms with Gasteiger partial charge >= 0.3 is 0 Å². The van der Waals surface area contributed by atoms with Crippen molar-refractivity contribution >= 4 is 11.6 Å². The number of carbonyl (C=O) groups excluding carboxylic acids is 2. The Morgan fingerprint density at radius 1 is 1.50 bits per heavy atom. The zero-order valence-electron chi connectivity index (χ0n) is 7.38. The first-order chi connectivity index (χ1) is 5.68. The Balaban J connectivity index is 2.07. The van der Waals surface area contributed by atoms with E-state index in [4.69, 9.17) is 0 Å². The largest absolute Gasteiger partial charge is 0.300 e. The van der Waals surface area contributed by atoms with E-state index in [0.29, 0.717) is 24.0 Å². The van der Waals surface area contributed by atoms with E-state index < -0.39 is 0 Å². The normalized spacial score (nSPS) is 39.1. The SMILES string of the molecule is CC(=O)CC1C(=O)C2CCC1C2. The van der Waals surface area contributed by atoms with E-state index in [2.05, 4.69) is 0 Å². The summed E-state index contributed by atoms with van der Waals surface area (Å²) in [7, 11) is 0. The molecule has 2 aliphatic carbocycles. The van der Waals surface area contributed by atoms with Gasteiger partial charge in [-0.25, -0.2) is 0 Å². The van der Waals surface area contributed by atoms with Gasteiger partial charge in [-0.05, 0) is 32.1 Å². The molecule has 2 fully saturated rings. The fourth-order valence-electron chi connectivity index (χ4n) is 2.75. The van der Waals surface area contributed by atoms with Crippen LogP contribution in [-0.4, -0.2) is 11.6 Å². The van der Waals surface area contributed by atoms with Gasteiger partial charge in [0.2, 0.25) is 0 Å². The van der Waals surface area contributed by atoms with Crippen LogP contribution in [-0.2, 0) is 9.59 Å². The van der Waals surface area contributed by atoms with Crippen LogP contribution in [0.15, 0.2) is 0 Å². The van der Waals surface area contributed by atoms with Crippen LogP contribution in [0, 0.1) is 17.8 Å². The van der Waals surface area contributed by atoms with Crippen molar-refractivity contribution in [1.29, 1.82) is 0 Å². The number of hydrogen-bond donors (Lipinski definition) is 0. The van der Waals surface area contributed by atoms with Crippen LogP contribution in [0.3, 0.4) is 0 Å². The summed E-state index contributed by atoms with van der Waals surface area (Å²) < 4.78 is 0. The highest BCUT2D eigenvalue weighted by Gasteiger charge is 2.46. The Hall–Kier alpha value is -0.660. The summed E-state index contributed by atoms with van der Waals surface area (Å²) in [6, 6.07) is 0. The molecule has 0 radical (unpaired) electrons.